The standard InChI is InChI=1S/C10H14ClN3/c1-7-12-9(11)6-10(13-7)14-8-4-2-3-5-8/h6,8H,2-5H2,1H3,(H,12,13,14). The Balaban J connectivity index is 2.07. The zero-order chi connectivity index (χ0) is 9.97. The molecule has 0 aromatic carbocycles. The van der Waals surface area contributed by atoms with E-state index in [1.165, 1.54) is 25.7 Å². The van der Waals surface area contributed by atoms with Gasteiger partial charge in [0.2, 0.25) is 0 Å². The van der Waals surface area contributed by atoms with Crippen molar-refractivity contribution in [3.05, 3.63) is 17.0 Å². The number of anilines is 1. The zero-order valence-corrected chi connectivity index (χ0v) is 9.01. The molecule has 1 saturated carbocycles. The molecule has 1 fully saturated rings. The summed E-state index contributed by atoms with van der Waals surface area (Å²) < 4.78 is 0. The molecule has 0 unspecified atom stereocenters. The summed E-state index contributed by atoms with van der Waals surface area (Å²) in [6, 6.07) is 2.35. The van der Waals surface area contributed by atoms with E-state index in [1.54, 1.807) is 6.07 Å². The summed E-state index contributed by atoms with van der Waals surface area (Å²) in [6.45, 7) is 1.85. The van der Waals surface area contributed by atoms with Gasteiger partial charge >= 0.3 is 0 Å². The fourth-order valence-corrected chi connectivity index (χ4v) is 2.11. The Kier molecular flexibility index (Phi) is 2.87. The number of aromatic nitrogens is 2. The van der Waals surface area contributed by atoms with Gasteiger partial charge in [-0.3, -0.25) is 0 Å². The Bertz CT molecular complexity index is 301. The van der Waals surface area contributed by atoms with Crippen LogP contribution in [0.15, 0.2) is 6.07 Å². The van der Waals surface area contributed by atoms with Crippen LogP contribution in [0.1, 0.15) is 31.5 Å². The molecule has 76 valence electrons. The van der Waals surface area contributed by atoms with Gasteiger partial charge in [0.1, 0.15) is 16.8 Å². The van der Waals surface area contributed by atoms with E-state index in [9.17, 15) is 0 Å². The Morgan fingerprint density at radius 1 is 1.36 bits per heavy atom. The lowest BCUT2D eigenvalue weighted by Crippen LogP contribution is -2.15. The molecule has 2 rings (SSSR count). The van der Waals surface area contributed by atoms with Crippen molar-refractivity contribution < 1.29 is 0 Å². The van der Waals surface area contributed by atoms with Crippen LogP contribution in [0, 0.1) is 6.92 Å². The first kappa shape index (κ1) is 9.71. The Morgan fingerprint density at radius 2 is 2.07 bits per heavy atom. The van der Waals surface area contributed by atoms with Crippen LogP contribution in [0.25, 0.3) is 0 Å². The van der Waals surface area contributed by atoms with Crippen LogP contribution in [-0.2, 0) is 0 Å². The molecular weight excluding hydrogens is 198 g/mol. The second-order valence-corrected chi connectivity index (χ2v) is 4.14. The van der Waals surface area contributed by atoms with Crippen molar-refractivity contribution in [1.29, 1.82) is 0 Å². The molecule has 1 aliphatic rings. The maximum absolute atomic E-state index is 5.84. The topological polar surface area (TPSA) is 37.8 Å². The number of nitrogens with one attached hydrogen (secondary N) is 1. The maximum Gasteiger partial charge on any atom is 0.134 e. The normalized spacial score (nSPS) is 17.3. The quantitative estimate of drug-likeness (QED) is 0.765. The zero-order valence-electron chi connectivity index (χ0n) is 8.26. The summed E-state index contributed by atoms with van der Waals surface area (Å²) in [4.78, 5) is 8.31. The second kappa shape index (κ2) is 4.13. The monoisotopic (exact) mass is 211 g/mol. The predicted molar refractivity (Wildman–Crippen MR) is 57.7 cm³/mol. The highest BCUT2D eigenvalue weighted by Crippen LogP contribution is 2.22. The van der Waals surface area contributed by atoms with Gasteiger partial charge in [-0.05, 0) is 19.8 Å². The molecule has 3 nitrogen and oxygen atoms in total. The van der Waals surface area contributed by atoms with Gasteiger partial charge < -0.3 is 5.32 Å². The number of halogens is 1. The third-order valence-corrected chi connectivity index (χ3v) is 2.71. The van der Waals surface area contributed by atoms with Crippen molar-refractivity contribution in [2.45, 2.75) is 38.6 Å². The Morgan fingerprint density at radius 3 is 2.71 bits per heavy atom. The first-order valence-corrected chi connectivity index (χ1v) is 5.39. The molecule has 1 aromatic rings. The third kappa shape index (κ3) is 2.35. The van der Waals surface area contributed by atoms with Gasteiger partial charge in [-0.1, -0.05) is 24.4 Å². The molecule has 1 heterocycles. The fraction of sp³-hybridized carbons (Fsp3) is 0.600. The highest BCUT2D eigenvalue weighted by Gasteiger charge is 2.15. The average Bonchev–Trinajstić information content (AvgIpc) is 2.54. The van der Waals surface area contributed by atoms with E-state index < -0.39 is 0 Å². The van der Waals surface area contributed by atoms with Gasteiger partial charge in [-0.2, -0.15) is 0 Å². The van der Waals surface area contributed by atoms with E-state index in [1.807, 2.05) is 6.92 Å². The Hall–Kier alpha value is -0.830. The van der Waals surface area contributed by atoms with Crippen LogP contribution in [0.3, 0.4) is 0 Å². The number of rotatable bonds is 2. The molecule has 0 bridgehead atoms. The van der Waals surface area contributed by atoms with E-state index in [0.29, 0.717) is 11.2 Å². The highest BCUT2D eigenvalue weighted by molar-refractivity contribution is 6.29. The van der Waals surface area contributed by atoms with Crippen LogP contribution >= 0.6 is 11.6 Å². The summed E-state index contributed by atoms with van der Waals surface area (Å²) in [5.41, 5.74) is 0. The lowest BCUT2D eigenvalue weighted by molar-refractivity contribution is 0.748. The van der Waals surface area contributed by atoms with Crippen LogP contribution in [-0.4, -0.2) is 16.0 Å². The van der Waals surface area contributed by atoms with Crippen molar-refractivity contribution >= 4 is 17.4 Å². The van der Waals surface area contributed by atoms with Gasteiger partial charge in [0, 0.05) is 12.1 Å². The molecule has 1 N–H and O–H groups in total. The van der Waals surface area contributed by atoms with Gasteiger partial charge in [0.05, 0.1) is 0 Å². The largest absolute Gasteiger partial charge is 0.367 e. The van der Waals surface area contributed by atoms with Gasteiger partial charge in [0.25, 0.3) is 0 Å². The Labute approximate surface area is 88.9 Å². The maximum atomic E-state index is 5.84. The molecule has 0 spiro atoms. The number of hydrogen-bond donors (Lipinski definition) is 1. The molecule has 1 aliphatic carbocycles. The van der Waals surface area contributed by atoms with Crippen molar-refractivity contribution in [2.75, 3.05) is 5.32 Å². The molecule has 14 heavy (non-hydrogen) atoms. The van der Waals surface area contributed by atoms with Crippen molar-refractivity contribution in [1.82, 2.24) is 9.97 Å². The molecular formula is C10H14ClN3. The minimum atomic E-state index is 0.512. The van der Waals surface area contributed by atoms with Crippen LogP contribution in [0.4, 0.5) is 5.82 Å². The number of hydrogen-bond acceptors (Lipinski definition) is 3. The van der Waals surface area contributed by atoms with E-state index in [2.05, 4.69) is 15.3 Å². The van der Waals surface area contributed by atoms with Crippen molar-refractivity contribution in [3.8, 4) is 0 Å². The van der Waals surface area contributed by atoms with E-state index in [4.69, 9.17) is 11.6 Å². The minimum absolute atomic E-state index is 0.512. The van der Waals surface area contributed by atoms with Crippen LogP contribution < -0.4 is 5.32 Å². The first-order chi connectivity index (χ1) is 6.74. The second-order valence-electron chi connectivity index (χ2n) is 3.75. The van der Waals surface area contributed by atoms with E-state index in [-0.39, 0.29) is 0 Å². The van der Waals surface area contributed by atoms with Crippen molar-refractivity contribution in [2.24, 2.45) is 0 Å². The van der Waals surface area contributed by atoms with Gasteiger partial charge in [-0.15, -0.1) is 0 Å². The molecule has 0 aliphatic heterocycles. The van der Waals surface area contributed by atoms with Crippen LogP contribution in [0.2, 0.25) is 5.15 Å². The minimum Gasteiger partial charge on any atom is -0.367 e. The van der Waals surface area contributed by atoms with Crippen LogP contribution in [0.5, 0.6) is 0 Å². The predicted octanol–water partition coefficient (Wildman–Crippen LogP) is 2.79. The van der Waals surface area contributed by atoms with E-state index in [0.717, 1.165) is 11.6 Å². The SMILES string of the molecule is Cc1nc(Cl)cc(NC2CCCC2)n1. The third-order valence-electron chi connectivity index (χ3n) is 2.51. The van der Waals surface area contributed by atoms with E-state index >= 15 is 0 Å². The first-order valence-electron chi connectivity index (χ1n) is 5.02. The molecule has 0 amide bonds. The molecule has 0 atom stereocenters. The molecule has 0 saturated heterocycles. The molecule has 4 heteroatoms. The van der Waals surface area contributed by atoms with Gasteiger partial charge in [0.15, 0.2) is 0 Å². The summed E-state index contributed by atoms with van der Waals surface area (Å²) in [6.07, 6.45) is 5.10. The average molecular weight is 212 g/mol. The summed E-state index contributed by atoms with van der Waals surface area (Å²) in [7, 11) is 0. The summed E-state index contributed by atoms with van der Waals surface area (Å²) >= 11 is 5.84. The molecule has 0 radical (unpaired) electrons. The highest BCUT2D eigenvalue weighted by atomic mass is 35.5. The van der Waals surface area contributed by atoms with Crippen molar-refractivity contribution in [3.63, 3.8) is 0 Å². The number of aryl methyl sites for hydroxylation is 1. The lowest BCUT2D eigenvalue weighted by atomic mass is 10.2. The smallest absolute Gasteiger partial charge is 0.134 e. The summed E-state index contributed by atoms with van der Waals surface area (Å²) in [5.74, 6) is 1.58. The molecule has 1 aromatic heterocycles. The lowest BCUT2D eigenvalue weighted by Gasteiger charge is -2.12. The summed E-state index contributed by atoms with van der Waals surface area (Å²) in [5, 5.41) is 3.90. The van der Waals surface area contributed by atoms with Gasteiger partial charge in [-0.25, -0.2) is 9.97 Å². The fourth-order valence-electron chi connectivity index (χ4n) is 1.88. The number of nitrogens with zero attached hydrogens (tertiary/aromatic N) is 2.